The first-order valence-electron chi connectivity index (χ1n) is 16.5. The van der Waals surface area contributed by atoms with Crippen molar-refractivity contribution in [3.8, 4) is 0 Å². The Hall–Kier alpha value is -2.24. The fourth-order valence-corrected chi connectivity index (χ4v) is 8.63. The van der Waals surface area contributed by atoms with Crippen molar-refractivity contribution in [3.05, 3.63) is 0 Å². The van der Waals surface area contributed by atoms with Crippen LogP contribution in [0.4, 0.5) is 0 Å². The Bertz CT molecular complexity index is 1200. The van der Waals surface area contributed by atoms with Crippen molar-refractivity contribution in [2.24, 2.45) is 0 Å². The molecular weight excluding hydrogens is 713 g/mol. The van der Waals surface area contributed by atoms with E-state index >= 15 is 0 Å². The minimum Gasteiger partial charge on any atom is -0.463 e. The number of hydrogen-bond donors (Lipinski definition) is 0. The van der Waals surface area contributed by atoms with Crippen molar-refractivity contribution in [2.45, 2.75) is 155 Å². The van der Waals surface area contributed by atoms with E-state index in [1.165, 1.54) is 13.8 Å². The molecule has 2 fully saturated rings. The zero-order valence-corrected chi connectivity index (χ0v) is 34.7. The van der Waals surface area contributed by atoms with Crippen molar-refractivity contribution in [1.82, 2.24) is 0 Å². The summed E-state index contributed by atoms with van der Waals surface area (Å²) in [6.07, 6.45) is -11.9. The third-order valence-corrected chi connectivity index (χ3v) is 9.67. The van der Waals surface area contributed by atoms with Gasteiger partial charge in [0.2, 0.25) is 6.29 Å². The van der Waals surface area contributed by atoms with Crippen molar-refractivity contribution >= 4 is 54.8 Å². The fourth-order valence-electron chi connectivity index (χ4n) is 5.38. The Balaban J connectivity index is 2.77. The summed E-state index contributed by atoms with van der Waals surface area (Å²) >= 11 is 0. The maximum Gasteiger partial charge on any atom is 0.303 e. The minimum absolute atomic E-state index is 0.214. The summed E-state index contributed by atoms with van der Waals surface area (Å²) in [6.45, 7) is 23.2. The molecule has 2 aliphatic rings. The molecule has 19 heteroatoms. The van der Waals surface area contributed by atoms with E-state index in [1.54, 1.807) is 0 Å². The Kier molecular flexibility index (Phi) is 15.8. The zero-order chi connectivity index (χ0) is 38.4. The highest BCUT2D eigenvalue weighted by Gasteiger charge is 2.57. The molecule has 0 aromatic carbocycles. The lowest BCUT2D eigenvalue weighted by Crippen LogP contribution is -2.68. The van der Waals surface area contributed by atoms with Crippen LogP contribution in [0.25, 0.3) is 0 Å². The summed E-state index contributed by atoms with van der Waals surface area (Å²) < 4.78 is 66.7. The third kappa shape index (κ3) is 14.8. The number of ether oxygens (including phenoxy) is 8. The van der Waals surface area contributed by atoms with Crippen molar-refractivity contribution in [1.29, 1.82) is 0 Å². The van der Waals surface area contributed by atoms with Gasteiger partial charge in [-0.3, -0.25) is 24.0 Å². The summed E-state index contributed by atoms with van der Waals surface area (Å²) in [5.74, 6) is -3.55. The van der Waals surface area contributed by atoms with Crippen LogP contribution < -0.4 is 0 Å². The van der Waals surface area contributed by atoms with Gasteiger partial charge in [-0.25, -0.2) is 0 Å². The minimum atomic E-state index is -2.43. The molecule has 0 N–H and O–H groups in total. The van der Waals surface area contributed by atoms with E-state index < -0.39 is 123 Å². The van der Waals surface area contributed by atoms with E-state index in [1.807, 2.05) is 58.9 Å². The van der Waals surface area contributed by atoms with Crippen LogP contribution in [0.3, 0.4) is 0 Å². The van der Waals surface area contributed by atoms with Gasteiger partial charge in [-0.1, -0.05) is 0 Å². The Labute approximate surface area is 297 Å². The molecule has 0 bridgehead atoms. The summed E-state index contributed by atoms with van der Waals surface area (Å²) in [7, 11) is -7.09. The van der Waals surface area contributed by atoms with Gasteiger partial charge in [0.25, 0.3) is 0 Å². The fraction of sp³-hybridized carbons (Fsp3) is 0.839. The predicted molar refractivity (Wildman–Crippen MR) is 183 cm³/mol. The molecule has 0 amide bonds. The zero-order valence-electron chi connectivity index (χ0n) is 31.7. The highest BCUT2D eigenvalue weighted by Crippen LogP contribution is 2.37. The summed E-state index contributed by atoms with van der Waals surface area (Å²) in [5.41, 5.74) is 0. The van der Waals surface area contributed by atoms with Gasteiger partial charge < -0.3 is 51.2 Å². The molecule has 0 aromatic heterocycles. The van der Waals surface area contributed by atoms with Crippen LogP contribution >= 0.6 is 0 Å². The summed E-state index contributed by atoms with van der Waals surface area (Å²) in [5, 5.41) is 0. The second-order valence-electron chi connectivity index (χ2n) is 15.1. The van der Waals surface area contributed by atoms with Gasteiger partial charge in [0, 0.05) is 34.6 Å². The van der Waals surface area contributed by atoms with E-state index in [4.69, 9.17) is 51.2 Å². The third-order valence-electron chi connectivity index (χ3n) is 6.73. The molecule has 50 heavy (non-hydrogen) atoms. The standard InChI is InChI=1S/C31H56O16Si3/c1-17(32)37-15-22-24(39-19(3)34)26(40-20(4)35)28(41-21(5)36)30(42-22)44-31-29(47-50(12,13)14)27(46-49(9,10)11)25(45-48(6,7)8)23(43-31)16-38-18(2)33/h22-31H,15-16H2,1-14H3/t22-,23-,24-,25-,26+,27+,28-,29-,30-,31-/m1/s1. The number of rotatable bonds is 15. The van der Waals surface area contributed by atoms with Crippen LogP contribution in [0, 0.1) is 0 Å². The van der Waals surface area contributed by atoms with Gasteiger partial charge in [0.05, 0.1) is 0 Å². The van der Waals surface area contributed by atoms with Crippen molar-refractivity contribution in [3.63, 3.8) is 0 Å². The molecule has 2 rings (SSSR count). The monoisotopic (exact) mass is 768 g/mol. The lowest BCUT2D eigenvalue weighted by molar-refractivity contribution is -0.373. The molecule has 2 aliphatic heterocycles. The van der Waals surface area contributed by atoms with Gasteiger partial charge >= 0.3 is 29.8 Å². The molecule has 0 aliphatic carbocycles. The van der Waals surface area contributed by atoms with E-state index in [9.17, 15) is 24.0 Å². The number of esters is 5. The molecule has 2 saturated heterocycles. The summed E-state index contributed by atoms with van der Waals surface area (Å²) in [4.78, 5) is 60.9. The number of carbonyl (C=O) groups is 5. The topological polar surface area (TPSA) is 187 Å². The van der Waals surface area contributed by atoms with Crippen LogP contribution in [0.2, 0.25) is 58.9 Å². The van der Waals surface area contributed by atoms with Gasteiger partial charge in [0.1, 0.15) is 43.7 Å². The molecule has 288 valence electrons. The summed E-state index contributed by atoms with van der Waals surface area (Å²) in [6, 6.07) is 0. The molecule has 0 unspecified atom stereocenters. The highest BCUT2D eigenvalue weighted by atomic mass is 28.4. The van der Waals surface area contributed by atoms with Crippen molar-refractivity contribution in [2.75, 3.05) is 13.2 Å². The molecular formula is C31H56O16Si3. The average Bonchev–Trinajstić information content (AvgIpc) is 2.90. The van der Waals surface area contributed by atoms with Crippen LogP contribution in [-0.2, 0) is 75.1 Å². The van der Waals surface area contributed by atoms with Gasteiger partial charge in [-0.2, -0.15) is 0 Å². The predicted octanol–water partition coefficient (Wildman–Crippen LogP) is 3.03. The first kappa shape index (κ1) is 43.9. The molecule has 0 spiro atoms. The highest BCUT2D eigenvalue weighted by molar-refractivity contribution is 6.70. The molecule has 0 radical (unpaired) electrons. The van der Waals surface area contributed by atoms with Crippen molar-refractivity contribution < 1.29 is 75.1 Å². The SMILES string of the molecule is CC(=O)OC[C@H]1O[C@H](O[C@H]2O[C@H](COC(C)=O)[C@@H](O[Si](C)(C)C)[C@H](O[Si](C)(C)C)[C@H]2O[Si](C)(C)C)[C@H](OC(C)=O)[C@@H](OC(C)=O)[C@@H]1OC(C)=O. The van der Waals surface area contributed by atoms with Gasteiger partial charge in [0.15, 0.2) is 49.6 Å². The Morgan fingerprint density at radius 2 is 0.780 bits per heavy atom. The second kappa shape index (κ2) is 18.0. The lowest BCUT2D eigenvalue weighted by Gasteiger charge is -2.52. The van der Waals surface area contributed by atoms with Gasteiger partial charge in [-0.05, 0) is 58.9 Å². The number of carbonyl (C=O) groups excluding carboxylic acids is 5. The average molecular weight is 769 g/mol. The lowest BCUT2D eigenvalue weighted by atomic mass is 9.97. The van der Waals surface area contributed by atoms with E-state index in [0.717, 1.165) is 20.8 Å². The van der Waals surface area contributed by atoms with Gasteiger partial charge in [-0.15, -0.1) is 0 Å². The van der Waals surface area contributed by atoms with Crippen LogP contribution in [0.5, 0.6) is 0 Å². The molecule has 10 atom stereocenters. The first-order valence-corrected chi connectivity index (χ1v) is 26.8. The largest absolute Gasteiger partial charge is 0.463 e. The normalized spacial score (nSPS) is 30.5. The molecule has 2 heterocycles. The second-order valence-corrected chi connectivity index (χ2v) is 28.5. The molecule has 0 saturated carbocycles. The van der Waals surface area contributed by atoms with Crippen LogP contribution in [0.15, 0.2) is 0 Å². The Morgan fingerprint density at radius 1 is 0.440 bits per heavy atom. The van der Waals surface area contributed by atoms with E-state index in [-0.39, 0.29) is 6.61 Å². The molecule has 16 nitrogen and oxygen atoms in total. The quantitative estimate of drug-likeness (QED) is 0.134. The number of hydrogen-bond acceptors (Lipinski definition) is 16. The Morgan fingerprint density at radius 3 is 1.18 bits per heavy atom. The molecule has 0 aromatic rings. The maximum atomic E-state index is 12.5. The van der Waals surface area contributed by atoms with E-state index in [2.05, 4.69) is 0 Å². The maximum absolute atomic E-state index is 12.5. The first-order chi connectivity index (χ1) is 22.8. The smallest absolute Gasteiger partial charge is 0.303 e. The van der Waals surface area contributed by atoms with Crippen LogP contribution in [0.1, 0.15) is 34.6 Å². The van der Waals surface area contributed by atoms with E-state index in [0.29, 0.717) is 0 Å². The van der Waals surface area contributed by atoms with Crippen LogP contribution in [-0.4, -0.2) is 129 Å².